The molecule has 8 nitrogen and oxygen atoms in total. The Morgan fingerprint density at radius 3 is 2.76 bits per heavy atom. The van der Waals surface area contributed by atoms with Gasteiger partial charge in [0.15, 0.2) is 17.6 Å². The van der Waals surface area contributed by atoms with Crippen LogP contribution in [-0.2, 0) is 20.9 Å². The predicted molar refractivity (Wildman–Crippen MR) is 121 cm³/mol. The number of amides is 2. The van der Waals surface area contributed by atoms with Crippen molar-refractivity contribution in [3.63, 3.8) is 0 Å². The summed E-state index contributed by atoms with van der Waals surface area (Å²) in [6, 6.07) is 11.4. The van der Waals surface area contributed by atoms with Gasteiger partial charge in [-0.15, -0.1) is 0 Å². The minimum absolute atomic E-state index is 0.00296. The fraction of sp³-hybridized carbons (Fsp3) is 0.440. The molecule has 0 N–H and O–H groups in total. The molecular formula is C25H28N2O6. The van der Waals surface area contributed by atoms with Gasteiger partial charge >= 0.3 is 0 Å². The molecule has 2 atom stereocenters. The Labute approximate surface area is 193 Å². The number of carbonyl (C=O) groups excluding carboxylic acids is 2. The van der Waals surface area contributed by atoms with Gasteiger partial charge in [0.1, 0.15) is 12.3 Å². The van der Waals surface area contributed by atoms with E-state index in [4.69, 9.17) is 18.9 Å². The second kappa shape index (κ2) is 8.94. The molecule has 33 heavy (non-hydrogen) atoms. The number of aryl methyl sites for hydroxylation is 1. The fourth-order valence-corrected chi connectivity index (χ4v) is 4.46. The van der Waals surface area contributed by atoms with Crippen LogP contribution in [0.4, 0.5) is 5.69 Å². The molecule has 0 saturated carbocycles. The number of nitrogens with zero attached hydrogens (tertiary/aromatic N) is 2. The number of hydrogen-bond donors (Lipinski definition) is 0. The van der Waals surface area contributed by atoms with Gasteiger partial charge in [0.25, 0.3) is 5.91 Å². The van der Waals surface area contributed by atoms with Crippen molar-refractivity contribution in [3.8, 4) is 17.2 Å². The Morgan fingerprint density at radius 1 is 1.12 bits per heavy atom. The van der Waals surface area contributed by atoms with Crippen LogP contribution in [0.5, 0.6) is 17.2 Å². The Bertz CT molecular complexity index is 1060. The molecule has 0 unspecified atom stereocenters. The minimum atomic E-state index is -0.645. The summed E-state index contributed by atoms with van der Waals surface area (Å²) in [5.74, 6) is 1.64. The third-order valence-corrected chi connectivity index (χ3v) is 6.23. The molecule has 5 rings (SSSR count). The fourth-order valence-electron chi connectivity index (χ4n) is 4.46. The number of anilines is 1. The zero-order chi connectivity index (χ0) is 22.9. The van der Waals surface area contributed by atoms with Gasteiger partial charge in [-0.2, -0.15) is 0 Å². The first-order valence-electron chi connectivity index (χ1n) is 11.3. The predicted octanol–water partition coefficient (Wildman–Crippen LogP) is 3.05. The summed E-state index contributed by atoms with van der Waals surface area (Å²) in [5.41, 5.74) is 2.56. The molecule has 0 aromatic heterocycles. The van der Waals surface area contributed by atoms with Crippen molar-refractivity contribution in [2.75, 3.05) is 31.4 Å². The largest absolute Gasteiger partial charge is 0.479 e. The Morgan fingerprint density at radius 2 is 1.94 bits per heavy atom. The number of carbonyl (C=O) groups is 2. The van der Waals surface area contributed by atoms with E-state index in [1.54, 1.807) is 16.7 Å². The van der Waals surface area contributed by atoms with Crippen molar-refractivity contribution in [1.82, 2.24) is 4.90 Å². The summed E-state index contributed by atoms with van der Waals surface area (Å²) >= 11 is 0. The van der Waals surface area contributed by atoms with E-state index in [0.717, 1.165) is 24.0 Å². The number of hydrogen-bond acceptors (Lipinski definition) is 6. The molecular weight excluding hydrogens is 424 g/mol. The van der Waals surface area contributed by atoms with E-state index in [2.05, 4.69) is 0 Å². The van der Waals surface area contributed by atoms with Crippen molar-refractivity contribution in [1.29, 1.82) is 0 Å². The quantitative estimate of drug-likeness (QED) is 0.671. The maximum atomic E-state index is 13.6. The molecule has 0 radical (unpaired) electrons. The average molecular weight is 453 g/mol. The standard InChI is InChI=1S/C25H28N2O6/c1-16-5-7-21-20(10-16)27(25(29)17(2)33-21)14-24(28)26(13-19-4-3-9-30-19)12-18-6-8-22-23(11-18)32-15-31-22/h5-8,10-11,17,19H,3-4,9,12-15H2,1-2H3/t17-,19+/m0/s1. The molecule has 2 aromatic rings. The molecule has 0 bridgehead atoms. The SMILES string of the molecule is Cc1ccc2c(c1)N(CC(=O)N(Cc1ccc3c(c1)OCO3)C[C@H]1CCCO1)C(=O)[C@H](C)O2. The van der Waals surface area contributed by atoms with E-state index >= 15 is 0 Å². The first kappa shape index (κ1) is 21.6. The molecule has 3 heterocycles. The van der Waals surface area contributed by atoms with Crippen molar-refractivity contribution < 1.29 is 28.5 Å². The summed E-state index contributed by atoms with van der Waals surface area (Å²) in [4.78, 5) is 29.8. The summed E-state index contributed by atoms with van der Waals surface area (Å²) in [6.45, 7) is 5.38. The lowest BCUT2D eigenvalue weighted by molar-refractivity contribution is -0.134. The van der Waals surface area contributed by atoms with E-state index in [1.807, 2.05) is 43.3 Å². The van der Waals surface area contributed by atoms with Crippen LogP contribution in [0.3, 0.4) is 0 Å². The summed E-state index contributed by atoms with van der Waals surface area (Å²) in [5, 5.41) is 0. The van der Waals surface area contributed by atoms with Crippen LogP contribution in [0.15, 0.2) is 36.4 Å². The number of rotatable bonds is 6. The highest BCUT2D eigenvalue weighted by atomic mass is 16.7. The van der Waals surface area contributed by atoms with Gasteiger partial charge in [-0.05, 0) is 62.1 Å². The number of fused-ring (bicyclic) bond motifs is 2. The van der Waals surface area contributed by atoms with Gasteiger partial charge in [0, 0.05) is 19.7 Å². The molecule has 0 aliphatic carbocycles. The zero-order valence-electron chi connectivity index (χ0n) is 18.9. The van der Waals surface area contributed by atoms with Gasteiger partial charge in [-0.25, -0.2) is 0 Å². The first-order chi connectivity index (χ1) is 16.0. The number of ether oxygens (including phenoxy) is 4. The van der Waals surface area contributed by atoms with Gasteiger partial charge < -0.3 is 23.8 Å². The van der Waals surface area contributed by atoms with E-state index in [9.17, 15) is 9.59 Å². The van der Waals surface area contributed by atoms with Gasteiger partial charge in [0.2, 0.25) is 12.7 Å². The molecule has 3 aliphatic rings. The van der Waals surface area contributed by atoms with Crippen molar-refractivity contribution >= 4 is 17.5 Å². The van der Waals surface area contributed by atoms with Gasteiger partial charge in [-0.1, -0.05) is 12.1 Å². The van der Waals surface area contributed by atoms with Crippen LogP contribution < -0.4 is 19.1 Å². The number of benzene rings is 2. The molecule has 8 heteroatoms. The highest BCUT2D eigenvalue weighted by molar-refractivity contribution is 6.03. The maximum Gasteiger partial charge on any atom is 0.268 e. The molecule has 174 valence electrons. The van der Waals surface area contributed by atoms with Crippen LogP contribution in [0.25, 0.3) is 0 Å². The second-order valence-corrected chi connectivity index (χ2v) is 8.75. The lowest BCUT2D eigenvalue weighted by Crippen LogP contribution is -2.50. The molecule has 1 fully saturated rings. The van der Waals surface area contributed by atoms with Crippen molar-refractivity contribution in [2.45, 2.75) is 45.4 Å². The van der Waals surface area contributed by atoms with Crippen molar-refractivity contribution in [3.05, 3.63) is 47.5 Å². The van der Waals surface area contributed by atoms with Crippen LogP contribution in [0.2, 0.25) is 0 Å². The highest BCUT2D eigenvalue weighted by Crippen LogP contribution is 2.35. The second-order valence-electron chi connectivity index (χ2n) is 8.75. The van der Waals surface area contributed by atoms with E-state index in [1.165, 1.54) is 0 Å². The molecule has 0 spiro atoms. The normalized spacial score (nSPS) is 21.0. The van der Waals surface area contributed by atoms with E-state index < -0.39 is 6.10 Å². The zero-order valence-corrected chi connectivity index (χ0v) is 18.9. The van der Waals surface area contributed by atoms with Crippen LogP contribution in [0, 0.1) is 6.92 Å². The van der Waals surface area contributed by atoms with E-state index in [0.29, 0.717) is 42.6 Å². The third kappa shape index (κ3) is 4.48. The lowest BCUT2D eigenvalue weighted by Gasteiger charge is -2.34. The average Bonchev–Trinajstić information content (AvgIpc) is 3.48. The van der Waals surface area contributed by atoms with Crippen LogP contribution in [-0.4, -0.2) is 55.4 Å². The Balaban J connectivity index is 1.38. The first-order valence-corrected chi connectivity index (χ1v) is 11.3. The van der Waals surface area contributed by atoms with E-state index in [-0.39, 0.29) is 31.3 Å². The molecule has 1 saturated heterocycles. The Kier molecular flexibility index (Phi) is 5.85. The topological polar surface area (TPSA) is 77.5 Å². The molecule has 2 amide bonds. The van der Waals surface area contributed by atoms with Crippen molar-refractivity contribution in [2.24, 2.45) is 0 Å². The van der Waals surface area contributed by atoms with Gasteiger partial charge in [-0.3, -0.25) is 14.5 Å². The molecule has 2 aromatic carbocycles. The lowest BCUT2D eigenvalue weighted by atomic mass is 10.1. The third-order valence-electron chi connectivity index (χ3n) is 6.23. The summed E-state index contributed by atoms with van der Waals surface area (Å²) in [6.07, 6.45) is 1.26. The maximum absolute atomic E-state index is 13.6. The Hall–Kier alpha value is -3.26. The summed E-state index contributed by atoms with van der Waals surface area (Å²) < 4.78 is 22.5. The summed E-state index contributed by atoms with van der Waals surface area (Å²) in [7, 11) is 0. The monoisotopic (exact) mass is 452 g/mol. The molecule has 3 aliphatic heterocycles. The highest BCUT2D eigenvalue weighted by Gasteiger charge is 2.34. The van der Waals surface area contributed by atoms with Crippen LogP contribution >= 0.6 is 0 Å². The van der Waals surface area contributed by atoms with Gasteiger partial charge in [0.05, 0.1) is 11.8 Å². The smallest absolute Gasteiger partial charge is 0.268 e. The van der Waals surface area contributed by atoms with Crippen LogP contribution in [0.1, 0.15) is 30.9 Å². The minimum Gasteiger partial charge on any atom is -0.479 e.